The molecule has 1 saturated heterocycles. The molecule has 0 atom stereocenters. The summed E-state index contributed by atoms with van der Waals surface area (Å²) < 4.78 is 47.1. The van der Waals surface area contributed by atoms with Crippen molar-refractivity contribution >= 4 is 23.1 Å². The molecule has 1 aliphatic heterocycles. The number of benzene rings is 1. The normalized spacial score (nSPS) is 14.4. The third-order valence-corrected chi connectivity index (χ3v) is 5.47. The Hall–Kier alpha value is -3.99. The minimum absolute atomic E-state index is 0.0688. The van der Waals surface area contributed by atoms with E-state index in [1.54, 1.807) is 12.3 Å². The third-order valence-electron chi connectivity index (χ3n) is 5.47. The molecule has 0 aliphatic carbocycles. The van der Waals surface area contributed by atoms with Crippen LogP contribution < -0.4 is 10.2 Å². The molecule has 0 saturated carbocycles. The van der Waals surface area contributed by atoms with Crippen LogP contribution in [0, 0.1) is 0 Å². The van der Waals surface area contributed by atoms with Crippen molar-refractivity contribution < 1.29 is 22.7 Å². The van der Waals surface area contributed by atoms with Crippen molar-refractivity contribution in [2.45, 2.75) is 6.18 Å². The number of ether oxygens (including phenoxy) is 1. The zero-order valence-electron chi connectivity index (χ0n) is 17.8. The lowest BCUT2D eigenvalue weighted by Crippen LogP contribution is -2.37. The van der Waals surface area contributed by atoms with E-state index in [9.17, 15) is 18.0 Å². The van der Waals surface area contributed by atoms with Gasteiger partial charge in [-0.05, 0) is 30.3 Å². The Morgan fingerprint density at radius 1 is 1.00 bits per heavy atom. The highest BCUT2D eigenvalue weighted by molar-refractivity contribution is 6.04. The molecule has 1 fully saturated rings. The number of imidazole rings is 1. The van der Waals surface area contributed by atoms with E-state index in [1.165, 1.54) is 41.0 Å². The van der Waals surface area contributed by atoms with Crippen LogP contribution in [0.25, 0.3) is 16.9 Å². The van der Waals surface area contributed by atoms with Gasteiger partial charge in [0.25, 0.3) is 5.91 Å². The van der Waals surface area contributed by atoms with Gasteiger partial charge < -0.3 is 15.0 Å². The molecule has 8 nitrogen and oxygen atoms in total. The van der Waals surface area contributed by atoms with Crippen LogP contribution >= 0.6 is 0 Å². The fourth-order valence-corrected chi connectivity index (χ4v) is 3.85. The molecule has 1 aliphatic rings. The highest BCUT2D eigenvalue weighted by Gasteiger charge is 2.33. The van der Waals surface area contributed by atoms with E-state index >= 15 is 0 Å². The number of nitrogens with zero attached hydrogens (tertiary/aromatic N) is 5. The SMILES string of the molecule is O=C(Nc1ncccc1N1CCOCC1)c1cnc2ccc(-c3ccccc3C(F)(F)F)nn12. The molecule has 5 rings (SSSR count). The van der Waals surface area contributed by atoms with Crippen molar-refractivity contribution in [3.05, 3.63) is 72.2 Å². The molecule has 11 heteroatoms. The number of hydrogen-bond acceptors (Lipinski definition) is 6. The number of rotatable bonds is 4. The number of pyridine rings is 1. The predicted molar refractivity (Wildman–Crippen MR) is 119 cm³/mol. The van der Waals surface area contributed by atoms with Crippen LogP contribution in [0.2, 0.25) is 0 Å². The Kier molecular flexibility index (Phi) is 5.62. The minimum Gasteiger partial charge on any atom is -0.378 e. The summed E-state index contributed by atoms with van der Waals surface area (Å²) in [5, 5.41) is 7.08. The lowest BCUT2D eigenvalue weighted by Gasteiger charge is -2.29. The molecular formula is C23H19F3N6O2. The van der Waals surface area contributed by atoms with Crippen LogP contribution in [0.1, 0.15) is 16.1 Å². The summed E-state index contributed by atoms with van der Waals surface area (Å²) in [6.07, 6.45) is -1.65. The smallest absolute Gasteiger partial charge is 0.378 e. The molecule has 0 bridgehead atoms. The fourth-order valence-electron chi connectivity index (χ4n) is 3.85. The first-order valence-electron chi connectivity index (χ1n) is 10.5. The third kappa shape index (κ3) is 4.17. The summed E-state index contributed by atoms with van der Waals surface area (Å²) in [7, 11) is 0. The maximum Gasteiger partial charge on any atom is 0.417 e. The Morgan fingerprint density at radius 2 is 1.79 bits per heavy atom. The number of morpholine rings is 1. The van der Waals surface area contributed by atoms with Crippen molar-refractivity contribution in [3.8, 4) is 11.3 Å². The van der Waals surface area contributed by atoms with E-state index in [0.717, 1.165) is 11.8 Å². The fraction of sp³-hybridized carbons (Fsp3) is 0.217. The molecule has 1 amide bonds. The second kappa shape index (κ2) is 8.75. The van der Waals surface area contributed by atoms with E-state index in [4.69, 9.17) is 4.74 Å². The molecular weight excluding hydrogens is 449 g/mol. The van der Waals surface area contributed by atoms with Crippen LogP contribution in [-0.2, 0) is 10.9 Å². The van der Waals surface area contributed by atoms with Gasteiger partial charge >= 0.3 is 6.18 Å². The van der Waals surface area contributed by atoms with Crippen LogP contribution in [0.5, 0.6) is 0 Å². The van der Waals surface area contributed by atoms with Crippen LogP contribution in [-0.4, -0.2) is 51.8 Å². The monoisotopic (exact) mass is 468 g/mol. The number of hydrogen-bond donors (Lipinski definition) is 1. The van der Waals surface area contributed by atoms with Crippen molar-refractivity contribution in [2.75, 3.05) is 36.5 Å². The second-order valence-electron chi connectivity index (χ2n) is 7.60. The van der Waals surface area contributed by atoms with E-state index < -0.39 is 17.6 Å². The van der Waals surface area contributed by atoms with E-state index in [0.29, 0.717) is 37.8 Å². The molecule has 174 valence electrons. The van der Waals surface area contributed by atoms with Gasteiger partial charge in [-0.2, -0.15) is 18.3 Å². The van der Waals surface area contributed by atoms with Crippen molar-refractivity contribution in [1.82, 2.24) is 19.6 Å². The maximum absolute atomic E-state index is 13.5. The Labute approximate surface area is 192 Å². The average Bonchev–Trinajstić information content (AvgIpc) is 3.28. The van der Waals surface area contributed by atoms with Gasteiger partial charge in [-0.15, -0.1) is 0 Å². The summed E-state index contributed by atoms with van der Waals surface area (Å²) >= 11 is 0. The average molecular weight is 468 g/mol. The number of aromatic nitrogens is 4. The lowest BCUT2D eigenvalue weighted by molar-refractivity contribution is -0.137. The molecule has 4 heterocycles. The molecule has 4 aromatic rings. The van der Waals surface area contributed by atoms with Crippen LogP contribution in [0.15, 0.2) is 60.9 Å². The van der Waals surface area contributed by atoms with Gasteiger partial charge in [-0.1, -0.05) is 18.2 Å². The first kappa shape index (κ1) is 21.8. The Balaban J connectivity index is 1.49. The number of fused-ring (bicyclic) bond motifs is 1. The standard InChI is InChI=1S/C23H19F3N6O2/c24-23(25,26)16-5-2-1-4-15(16)17-7-8-20-28-14-19(32(20)30-17)22(33)29-21-18(6-3-9-27-21)31-10-12-34-13-11-31/h1-9,14H,10-13H2,(H,27,29,33). The van der Waals surface area contributed by atoms with Gasteiger partial charge in [0, 0.05) is 24.8 Å². The number of carbonyl (C=O) groups is 1. The van der Waals surface area contributed by atoms with Gasteiger partial charge in [-0.3, -0.25) is 4.79 Å². The van der Waals surface area contributed by atoms with E-state index in [1.807, 2.05) is 6.07 Å². The zero-order chi connectivity index (χ0) is 23.7. The summed E-state index contributed by atoms with van der Waals surface area (Å²) in [5.74, 6) is -0.169. The van der Waals surface area contributed by atoms with Crippen molar-refractivity contribution in [3.63, 3.8) is 0 Å². The molecule has 1 aromatic carbocycles. The number of anilines is 2. The van der Waals surface area contributed by atoms with Crippen LogP contribution in [0.3, 0.4) is 0 Å². The van der Waals surface area contributed by atoms with Gasteiger partial charge in [0.1, 0.15) is 0 Å². The molecule has 0 radical (unpaired) electrons. The van der Waals surface area contributed by atoms with E-state index in [-0.39, 0.29) is 17.0 Å². The maximum atomic E-state index is 13.5. The Bertz CT molecular complexity index is 1350. The number of alkyl halides is 3. The van der Waals surface area contributed by atoms with Crippen molar-refractivity contribution in [2.24, 2.45) is 0 Å². The molecule has 3 aromatic heterocycles. The minimum atomic E-state index is -4.54. The number of nitrogens with one attached hydrogen (secondary N) is 1. The number of halogens is 3. The predicted octanol–water partition coefficient (Wildman–Crippen LogP) is 3.90. The van der Waals surface area contributed by atoms with Crippen molar-refractivity contribution in [1.29, 1.82) is 0 Å². The number of carbonyl (C=O) groups excluding carboxylic acids is 1. The van der Waals surface area contributed by atoms with Gasteiger partial charge in [-0.25, -0.2) is 14.5 Å². The largest absolute Gasteiger partial charge is 0.417 e. The molecule has 0 spiro atoms. The first-order chi connectivity index (χ1) is 16.4. The van der Waals surface area contributed by atoms with E-state index in [2.05, 4.69) is 25.3 Å². The second-order valence-corrected chi connectivity index (χ2v) is 7.60. The zero-order valence-corrected chi connectivity index (χ0v) is 17.8. The summed E-state index contributed by atoms with van der Waals surface area (Å²) in [6, 6.07) is 11.8. The molecule has 34 heavy (non-hydrogen) atoms. The van der Waals surface area contributed by atoms with Crippen LogP contribution in [0.4, 0.5) is 24.7 Å². The highest BCUT2D eigenvalue weighted by atomic mass is 19.4. The molecule has 1 N–H and O–H groups in total. The first-order valence-corrected chi connectivity index (χ1v) is 10.5. The molecule has 0 unspecified atom stereocenters. The number of amides is 1. The highest BCUT2D eigenvalue weighted by Crippen LogP contribution is 2.36. The summed E-state index contributed by atoms with van der Waals surface area (Å²) in [4.78, 5) is 23.7. The van der Waals surface area contributed by atoms with Gasteiger partial charge in [0.15, 0.2) is 17.2 Å². The Morgan fingerprint density at radius 3 is 2.59 bits per heavy atom. The summed E-state index contributed by atoms with van der Waals surface area (Å²) in [5.41, 5.74) is 0.320. The quantitative estimate of drug-likeness (QED) is 0.489. The summed E-state index contributed by atoms with van der Waals surface area (Å²) in [6.45, 7) is 2.46. The van der Waals surface area contributed by atoms with Gasteiger partial charge in [0.05, 0.1) is 36.4 Å². The lowest BCUT2D eigenvalue weighted by atomic mass is 10.0. The topological polar surface area (TPSA) is 84.7 Å². The van der Waals surface area contributed by atoms with Gasteiger partial charge in [0.2, 0.25) is 0 Å².